The molecule has 0 radical (unpaired) electrons. The van der Waals surface area contributed by atoms with Gasteiger partial charge in [-0.1, -0.05) is 12.1 Å². The molecule has 1 aliphatic heterocycles. The minimum absolute atomic E-state index is 0.0204. The first-order valence-corrected chi connectivity index (χ1v) is 8.27. The minimum Gasteiger partial charge on any atom is -0.493 e. The van der Waals surface area contributed by atoms with Gasteiger partial charge in [0.15, 0.2) is 11.5 Å². The summed E-state index contributed by atoms with van der Waals surface area (Å²) in [6.07, 6.45) is 4.14. The highest BCUT2D eigenvalue weighted by atomic mass is 16.5. The number of hydrogen-bond donors (Lipinski definition) is 1. The van der Waals surface area contributed by atoms with Crippen LogP contribution in [0.25, 0.3) is 0 Å². The molecule has 134 valence electrons. The van der Waals surface area contributed by atoms with Gasteiger partial charge >= 0.3 is 0 Å². The van der Waals surface area contributed by atoms with Crippen LogP contribution in [0.1, 0.15) is 11.3 Å². The predicted molar refractivity (Wildman–Crippen MR) is 91.6 cm³/mol. The fraction of sp³-hybridized carbons (Fsp3) is 0.444. The molecule has 1 amide bonds. The van der Waals surface area contributed by atoms with Gasteiger partial charge in [0.1, 0.15) is 6.61 Å². The topological polar surface area (TPSA) is 74.6 Å². The van der Waals surface area contributed by atoms with Crippen molar-refractivity contribution in [2.75, 3.05) is 27.4 Å². The lowest BCUT2D eigenvalue weighted by atomic mass is 9.95. The van der Waals surface area contributed by atoms with Crippen LogP contribution in [0.15, 0.2) is 30.7 Å². The Kier molecular flexibility index (Phi) is 5.55. The van der Waals surface area contributed by atoms with Crippen molar-refractivity contribution in [2.24, 2.45) is 5.92 Å². The highest BCUT2D eigenvalue weighted by Gasteiger charge is 2.27. The van der Waals surface area contributed by atoms with E-state index in [-0.39, 0.29) is 11.8 Å². The Morgan fingerprint density at radius 1 is 1.44 bits per heavy atom. The number of carbonyl (C=O) groups is 1. The molecule has 1 unspecified atom stereocenters. The first kappa shape index (κ1) is 17.3. The molecule has 1 aromatic carbocycles. The summed E-state index contributed by atoms with van der Waals surface area (Å²) < 4.78 is 18.1. The van der Waals surface area contributed by atoms with Gasteiger partial charge < -0.3 is 24.1 Å². The number of methoxy groups -OCH3 is 2. The first-order chi connectivity index (χ1) is 12.2. The summed E-state index contributed by atoms with van der Waals surface area (Å²) in [7, 11) is 3.28. The van der Waals surface area contributed by atoms with Crippen LogP contribution in [-0.4, -0.2) is 42.9 Å². The van der Waals surface area contributed by atoms with E-state index in [1.807, 2.05) is 22.8 Å². The molecule has 3 rings (SSSR count). The molecule has 1 aromatic heterocycles. The zero-order valence-corrected chi connectivity index (χ0v) is 14.5. The van der Waals surface area contributed by atoms with Crippen molar-refractivity contribution in [3.8, 4) is 11.5 Å². The van der Waals surface area contributed by atoms with E-state index in [1.54, 1.807) is 26.7 Å². The van der Waals surface area contributed by atoms with Gasteiger partial charge in [0, 0.05) is 19.9 Å². The fourth-order valence-corrected chi connectivity index (χ4v) is 2.93. The molecule has 0 fully saturated rings. The van der Waals surface area contributed by atoms with Crippen LogP contribution >= 0.6 is 0 Å². The maximum absolute atomic E-state index is 12.5. The van der Waals surface area contributed by atoms with Gasteiger partial charge in [0.25, 0.3) is 0 Å². The first-order valence-electron chi connectivity index (χ1n) is 8.27. The van der Waals surface area contributed by atoms with E-state index in [9.17, 15) is 4.79 Å². The number of nitrogens with one attached hydrogen (secondary N) is 1. The minimum atomic E-state index is -0.213. The Labute approximate surface area is 146 Å². The van der Waals surface area contributed by atoms with Gasteiger partial charge in [-0.15, -0.1) is 0 Å². The molecule has 1 atom stereocenters. The molecule has 0 bridgehead atoms. The lowest BCUT2D eigenvalue weighted by molar-refractivity contribution is -0.126. The second-order valence-electron chi connectivity index (χ2n) is 5.95. The van der Waals surface area contributed by atoms with Crippen LogP contribution in [-0.2, 0) is 29.0 Å². The van der Waals surface area contributed by atoms with Crippen molar-refractivity contribution in [1.82, 2.24) is 14.9 Å². The molecule has 0 spiro atoms. The maximum atomic E-state index is 12.5. The third-order valence-electron chi connectivity index (χ3n) is 4.32. The number of fused-ring (bicyclic) bond motifs is 1. The van der Waals surface area contributed by atoms with Crippen molar-refractivity contribution >= 4 is 5.91 Å². The van der Waals surface area contributed by atoms with Crippen LogP contribution in [0.4, 0.5) is 0 Å². The van der Waals surface area contributed by atoms with Crippen LogP contribution in [0, 0.1) is 5.92 Å². The number of nitrogens with zero attached hydrogens (tertiary/aromatic N) is 2. The average Bonchev–Trinajstić information content (AvgIpc) is 3.10. The molecule has 25 heavy (non-hydrogen) atoms. The van der Waals surface area contributed by atoms with E-state index in [0.29, 0.717) is 38.5 Å². The summed E-state index contributed by atoms with van der Waals surface area (Å²) >= 11 is 0. The van der Waals surface area contributed by atoms with Gasteiger partial charge in [0.05, 0.1) is 38.2 Å². The standard InChI is InChI=1S/C18H23N3O4/c1-23-7-6-21-12-19-9-15(21)10-20-18(22)14-8-13-4-3-5-16(24-2)17(13)25-11-14/h3-5,9,12,14H,6-8,10-11H2,1-2H3,(H,20,22). The molecular weight excluding hydrogens is 322 g/mol. The molecule has 0 aliphatic carbocycles. The van der Waals surface area contributed by atoms with E-state index in [0.717, 1.165) is 17.0 Å². The predicted octanol–water partition coefficient (Wildman–Crippen LogP) is 1.41. The number of aromatic nitrogens is 2. The van der Waals surface area contributed by atoms with Gasteiger partial charge in [-0.2, -0.15) is 0 Å². The van der Waals surface area contributed by atoms with E-state index < -0.39 is 0 Å². The summed E-state index contributed by atoms with van der Waals surface area (Å²) in [5, 5.41) is 2.98. The molecule has 0 saturated carbocycles. The summed E-state index contributed by atoms with van der Waals surface area (Å²) in [4.78, 5) is 16.6. The normalized spacial score (nSPS) is 16.0. The molecule has 2 aromatic rings. The van der Waals surface area contributed by atoms with Crippen LogP contribution < -0.4 is 14.8 Å². The number of imidazole rings is 1. The van der Waals surface area contributed by atoms with E-state index in [1.165, 1.54) is 0 Å². The Balaban J connectivity index is 1.58. The van der Waals surface area contributed by atoms with E-state index >= 15 is 0 Å². The van der Waals surface area contributed by atoms with Gasteiger partial charge in [-0.05, 0) is 18.1 Å². The Bertz CT molecular complexity index is 729. The Hall–Kier alpha value is -2.54. The lowest BCUT2D eigenvalue weighted by Crippen LogP contribution is -2.37. The van der Waals surface area contributed by atoms with Crippen molar-refractivity contribution in [3.05, 3.63) is 42.0 Å². The highest BCUT2D eigenvalue weighted by Crippen LogP contribution is 2.36. The molecular formula is C18H23N3O4. The van der Waals surface area contributed by atoms with E-state index in [2.05, 4.69) is 10.3 Å². The lowest BCUT2D eigenvalue weighted by Gasteiger charge is -2.25. The molecule has 2 heterocycles. The second kappa shape index (κ2) is 8.02. The smallest absolute Gasteiger partial charge is 0.227 e. The average molecular weight is 345 g/mol. The monoisotopic (exact) mass is 345 g/mol. The van der Waals surface area contributed by atoms with Crippen molar-refractivity contribution in [3.63, 3.8) is 0 Å². The summed E-state index contributed by atoms with van der Waals surface area (Å²) in [5.41, 5.74) is 1.94. The largest absolute Gasteiger partial charge is 0.493 e. The van der Waals surface area contributed by atoms with Gasteiger partial charge in [-0.25, -0.2) is 4.98 Å². The number of benzene rings is 1. The molecule has 7 heteroatoms. The van der Waals surface area contributed by atoms with Gasteiger partial charge in [-0.3, -0.25) is 4.79 Å². The zero-order valence-electron chi connectivity index (χ0n) is 14.5. The molecule has 0 saturated heterocycles. The summed E-state index contributed by atoms with van der Waals surface area (Å²) in [5.74, 6) is 1.22. The number of para-hydroxylation sites is 1. The zero-order chi connectivity index (χ0) is 17.6. The second-order valence-corrected chi connectivity index (χ2v) is 5.95. The number of carbonyl (C=O) groups excluding carboxylic acids is 1. The third-order valence-corrected chi connectivity index (χ3v) is 4.32. The SMILES string of the molecule is COCCn1cncc1CNC(=O)C1COc2c(cccc2OC)C1. The number of amides is 1. The fourth-order valence-electron chi connectivity index (χ4n) is 2.93. The number of hydrogen-bond acceptors (Lipinski definition) is 5. The Morgan fingerprint density at radius 3 is 3.12 bits per heavy atom. The van der Waals surface area contributed by atoms with E-state index in [4.69, 9.17) is 14.2 Å². The van der Waals surface area contributed by atoms with Gasteiger partial charge in [0.2, 0.25) is 5.91 Å². The highest BCUT2D eigenvalue weighted by molar-refractivity contribution is 5.79. The maximum Gasteiger partial charge on any atom is 0.227 e. The van der Waals surface area contributed by atoms with Crippen molar-refractivity contribution in [1.29, 1.82) is 0 Å². The van der Waals surface area contributed by atoms with Crippen LogP contribution in [0.2, 0.25) is 0 Å². The van der Waals surface area contributed by atoms with Crippen LogP contribution in [0.5, 0.6) is 11.5 Å². The number of rotatable bonds is 7. The number of ether oxygens (including phenoxy) is 3. The van der Waals surface area contributed by atoms with Crippen LogP contribution in [0.3, 0.4) is 0 Å². The molecule has 1 N–H and O–H groups in total. The summed E-state index contributed by atoms with van der Waals surface area (Å²) in [6, 6.07) is 5.74. The Morgan fingerprint density at radius 2 is 2.32 bits per heavy atom. The molecule has 7 nitrogen and oxygen atoms in total. The molecule has 1 aliphatic rings. The van der Waals surface area contributed by atoms with Crippen molar-refractivity contribution in [2.45, 2.75) is 19.5 Å². The summed E-state index contributed by atoms with van der Waals surface area (Å²) in [6.45, 7) is 2.10. The quantitative estimate of drug-likeness (QED) is 0.821. The van der Waals surface area contributed by atoms with Crippen molar-refractivity contribution < 1.29 is 19.0 Å². The third kappa shape index (κ3) is 3.93.